The lowest BCUT2D eigenvalue weighted by Gasteiger charge is -2.20. The van der Waals surface area contributed by atoms with Crippen molar-refractivity contribution in [1.82, 2.24) is 5.32 Å². The fraction of sp³-hybridized carbons (Fsp3) is 0.350. The summed E-state index contributed by atoms with van der Waals surface area (Å²) in [6.45, 7) is 4.76. The van der Waals surface area contributed by atoms with Crippen LogP contribution in [-0.4, -0.2) is 17.1 Å². The zero-order valence-corrected chi connectivity index (χ0v) is 14.5. The predicted molar refractivity (Wildman–Crippen MR) is 94.9 cm³/mol. The predicted octanol–water partition coefficient (Wildman–Crippen LogP) is 3.99. The number of benzene rings is 2. The van der Waals surface area contributed by atoms with E-state index in [1.54, 1.807) is 12.1 Å². The summed E-state index contributed by atoms with van der Waals surface area (Å²) in [5.41, 5.74) is 1.88. The molecule has 2 atom stereocenters. The molecule has 0 heterocycles. The van der Waals surface area contributed by atoms with Crippen LogP contribution in [0, 0.1) is 11.7 Å². The zero-order valence-electron chi connectivity index (χ0n) is 14.5. The second-order valence-corrected chi connectivity index (χ2v) is 6.14. The Bertz CT molecular complexity index is 670. The van der Waals surface area contributed by atoms with E-state index in [1.807, 2.05) is 38.1 Å². The number of hydrogen-bond acceptors (Lipinski definition) is 3. The second-order valence-electron chi connectivity index (χ2n) is 6.14. The van der Waals surface area contributed by atoms with Gasteiger partial charge in [0.05, 0.1) is 0 Å². The highest BCUT2D eigenvalue weighted by Crippen LogP contribution is 2.15. The van der Waals surface area contributed by atoms with Gasteiger partial charge in [-0.3, -0.25) is 4.79 Å². The summed E-state index contributed by atoms with van der Waals surface area (Å²) in [7, 11) is 0. The highest BCUT2D eigenvalue weighted by Gasteiger charge is 2.22. The van der Waals surface area contributed by atoms with Crippen molar-refractivity contribution < 1.29 is 19.0 Å². The maximum atomic E-state index is 12.9. The van der Waals surface area contributed by atoms with Gasteiger partial charge in [-0.1, -0.05) is 44.5 Å². The molecule has 2 N–H and O–H groups in total. The van der Waals surface area contributed by atoms with Crippen LogP contribution < -0.4 is 10.1 Å². The van der Waals surface area contributed by atoms with Gasteiger partial charge >= 0.3 is 5.97 Å². The second kappa shape index (κ2) is 9.18. The number of carboxylic acids is 1. The van der Waals surface area contributed by atoms with Gasteiger partial charge in [0.2, 0.25) is 0 Å². The molecule has 0 radical (unpaired) electrons. The number of hydrogen-bond donors (Lipinski definition) is 2. The first-order valence-corrected chi connectivity index (χ1v) is 8.42. The first-order valence-electron chi connectivity index (χ1n) is 8.42. The Balaban J connectivity index is 1.86. The van der Waals surface area contributed by atoms with E-state index in [0.29, 0.717) is 18.9 Å². The third-order valence-corrected chi connectivity index (χ3v) is 4.25. The van der Waals surface area contributed by atoms with Crippen molar-refractivity contribution >= 4 is 5.97 Å². The van der Waals surface area contributed by atoms with Crippen molar-refractivity contribution in [3.8, 4) is 5.75 Å². The number of ether oxygens (including phenoxy) is 1. The Kier molecular flexibility index (Phi) is 6.95. The summed E-state index contributed by atoms with van der Waals surface area (Å²) in [5, 5.41) is 12.4. The molecule has 0 bridgehead atoms. The van der Waals surface area contributed by atoms with E-state index in [0.717, 1.165) is 17.5 Å². The lowest BCUT2D eigenvalue weighted by Crippen LogP contribution is -2.41. The fourth-order valence-electron chi connectivity index (χ4n) is 2.45. The zero-order chi connectivity index (χ0) is 18.2. The molecule has 2 aromatic rings. The fourth-order valence-corrected chi connectivity index (χ4v) is 2.45. The molecular weight excluding hydrogens is 321 g/mol. The Morgan fingerprint density at radius 2 is 1.72 bits per heavy atom. The molecule has 4 nitrogen and oxygen atoms in total. The summed E-state index contributed by atoms with van der Waals surface area (Å²) in [6, 6.07) is 13.1. The lowest BCUT2D eigenvalue weighted by atomic mass is 9.99. The van der Waals surface area contributed by atoms with Crippen LogP contribution in [0.2, 0.25) is 0 Å². The molecule has 5 heteroatoms. The van der Waals surface area contributed by atoms with E-state index in [-0.39, 0.29) is 11.7 Å². The summed E-state index contributed by atoms with van der Waals surface area (Å²) < 4.78 is 18.5. The first kappa shape index (κ1) is 18.9. The van der Waals surface area contributed by atoms with E-state index < -0.39 is 12.0 Å². The number of carboxylic acid groups (broad SMARTS) is 1. The van der Waals surface area contributed by atoms with Crippen LogP contribution in [0.15, 0.2) is 48.5 Å². The Labute approximate surface area is 147 Å². The van der Waals surface area contributed by atoms with Gasteiger partial charge in [0.1, 0.15) is 24.2 Å². The average Bonchev–Trinajstić information content (AvgIpc) is 2.62. The van der Waals surface area contributed by atoms with Crippen molar-refractivity contribution in [2.24, 2.45) is 5.92 Å². The molecule has 0 aliphatic heterocycles. The van der Waals surface area contributed by atoms with Crippen molar-refractivity contribution in [2.75, 3.05) is 0 Å². The van der Waals surface area contributed by atoms with E-state index in [1.165, 1.54) is 12.1 Å². The SMILES string of the molecule is CC[C@H](C)[C@H](NCc1ccc(OCc2ccc(F)cc2)cc1)C(=O)O. The minimum absolute atomic E-state index is 0.0656. The van der Waals surface area contributed by atoms with Crippen LogP contribution in [0.4, 0.5) is 4.39 Å². The smallest absolute Gasteiger partial charge is 0.320 e. The van der Waals surface area contributed by atoms with Gasteiger partial charge in [-0.25, -0.2) is 4.39 Å². The van der Waals surface area contributed by atoms with Gasteiger partial charge in [-0.05, 0) is 41.3 Å². The highest BCUT2D eigenvalue weighted by atomic mass is 19.1. The number of halogens is 1. The summed E-state index contributed by atoms with van der Waals surface area (Å²) >= 11 is 0. The molecule has 0 amide bonds. The van der Waals surface area contributed by atoms with Crippen LogP contribution in [0.1, 0.15) is 31.4 Å². The molecule has 2 rings (SSSR count). The van der Waals surface area contributed by atoms with Crippen LogP contribution in [-0.2, 0) is 17.9 Å². The van der Waals surface area contributed by atoms with Crippen molar-refractivity contribution in [2.45, 2.75) is 39.5 Å². The van der Waals surface area contributed by atoms with E-state index in [9.17, 15) is 14.3 Å². The number of nitrogens with one attached hydrogen (secondary N) is 1. The summed E-state index contributed by atoms with van der Waals surface area (Å²) in [5.74, 6) is -0.313. The molecular formula is C20H24FNO3. The highest BCUT2D eigenvalue weighted by molar-refractivity contribution is 5.73. The molecule has 0 spiro atoms. The minimum atomic E-state index is -0.825. The quantitative estimate of drug-likeness (QED) is 0.721. The van der Waals surface area contributed by atoms with Crippen LogP contribution >= 0.6 is 0 Å². The molecule has 0 unspecified atom stereocenters. The van der Waals surface area contributed by atoms with Crippen molar-refractivity contribution in [3.05, 3.63) is 65.5 Å². The van der Waals surface area contributed by atoms with Crippen LogP contribution in [0.25, 0.3) is 0 Å². The normalized spacial score (nSPS) is 13.2. The molecule has 0 saturated carbocycles. The van der Waals surface area contributed by atoms with E-state index >= 15 is 0 Å². The Morgan fingerprint density at radius 3 is 2.28 bits per heavy atom. The van der Waals surface area contributed by atoms with Crippen molar-refractivity contribution in [1.29, 1.82) is 0 Å². The largest absolute Gasteiger partial charge is 0.489 e. The molecule has 0 saturated heterocycles. The molecule has 2 aromatic carbocycles. The monoisotopic (exact) mass is 345 g/mol. The topological polar surface area (TPSA) is 58.6 Å². The maximum absolute atomic E-state index is 12.9. The molecule has 0 aliphatic carbocycles. The average molecular weight is 345 g/mol. The van der Waals surface area contributed by atoms with Gasteiger partial charge in [-0.15, -0.1) is 0 Å². The number of carbonyl (C=O) groups is 1. The van der Waals surface area contributed by atoms with Crippen molar-refractivity contribution in [3.63, 3.8) is 0 Å². The standard InChI is InChI=1S/C20H24FNO3/c1-3-14(2)19(20(23)24)22-12-15-6-10-18(11-7-15)25-13-16-4-8-17(21)9-5-16/h4-11,14,19,22H,3,12-13H2,1-2H3,(H,23,24)/t14-,19-/m0/s1. The molecule has 0 fully saturated rings. The van der Waals surface area contributed by atoms with Gasteiger partial charge in [0.15, 0.2) is 0 Å². The van der Waals surface area contributed by atoms with E-state index in [2.05, 4.69) is 5.32 Å². The lowest BCUT2D eigenvalue weighted by molar-refractivity contribution is -0.140. The van der Waals surface area contributed by atoms with Crippen LogP contribution in [0.3, 0.4) is 0 Å². The number of aliphatic carboxylic acids is 1. The summed E-state index contributed by atoms with van der Waals surface area (Å²) in [4.78, 5) is 11.3. The van der Waals surface area contributed by atoms with E-state index in [4.69, 9.17) is 4.74 Å². The Hall–Kier alpha value is -2.40. The van der Waals surface area contributed by atoms with Gasteiger partial charge in [0.25, 0.3) is 0 Å². The van der Waals surface area contributed by atoms with Gasteiger partial charge in [-0.2, -0.15) is 0 Å². The molecule has 25 heavy (non-hydrogen) atoms. The molecule has 134 valence electrons. The summed E-state index contributed by atoms with van der Waals surface area (Å²) in [6.07, 6.45) is 0.806. The molecule has 0 aliphatic rings. The Morgan fingerprint density at radius 1 is 1.12 bits per heavy atom. The molecule has 0 aromatic heterocycles. The third kappa shape index (κ3) is 5.87. The minimum Gasteiger partial charge on any atom is -0.489 e. The third-order valence-electron chi connectivity index (χ3n) is 4.25. The van der Waals surface area contributed by atoms with Gasteiger partial charge in [0, 0.05) is 6.54 Å². The first-order chi connectivity index (χ1) is 12.0. The maximum Gasteiger partial charge on any atom is 0.320 e. The van der Waals surface area contributed by atoms with Gasteiger partial charge < -0.3 is 15.2 Å². The van der Waals surface area contributed by atoms with Crippen LogP contribution in [0.5, 0.6) is 5.75 Å². The number of rotatable bonds is 9.